The number of nitrogen functional groups attached to an aromatic ring is 1. The molecule has 6 heteroatoms. The summed E-state index contributed by atoms with van der Waals surface area (Å²) in [5.41, 5.74) is 1.28. The summed E-state index contributed by atoms with van der Waals surface area (Å²) in [5, 5.41) is 8.86. The average molecular weight is 169 g/mol. The number of hydrazine groups is 1. The molecule has 0 saturated heterocycles. The second-order valence-corrected chi connectivity index (χ2v) is 2.09. The number of pyridine rings is 1. The quantitative estimate of drug-likeness (QED) is 0.237. The molecule has 1 heterocycles. The molecule has 0 spiro atoms. The zero-order chi connectivity index (χ0) is 9.14. The van der Waals surface area contributed by atoms with E-state index in [1.54, 1.807) is 0 Å². The summed E-state index contributed by atoms with van der Waals surface area (Å²) >= 11 is 0. The van der Waals surface area contributed by atoms with Gasteiger partial charge in [0.05, 0.1) is 5.56 Å². The zero-order valence-electron chi connectivity index (χ0n) is 6.00. The van der Waals surface area contributed by atoms with E-state index in [1.165, 1.54) is 0 Å². The van der Waals surface area contributed by atoms with Gasteiger partial charge in [-0.1, -0.05) is 0 Å². The monoisotopic (exact) mass is 169 g/mol. The van der Waals surface area contributed by atoms with E-state index in [-0.39, 0.29) is 11.4 Å². The Hall–Kier alpha value is -1.82. The number of rotatable bonds is 1. The van der Waals surface area contributed by atoms with Gasteiger partial charge in [0.2, 0.25) is 0 Å². The van der Waals surface area contributed by atoms with Crippen LogP contribution in [0.4, 0.5) is 0 Å². The Morgan fingerprint density at radius 1 is 1.58 bits per heavy atom. The third kappa shape index (κ3) is 1.61. The van der Waals surface area contributed by atoms with Crippen LogP contribution in [0.15, 0.2) is 16.9 Å². The number of hydrogen-bond donors (Lipinski definition) is 4. The lowest BCUT2D eigenvalue weighted by molar-refractivity contribution is 0.0953. The van der Waals surface area contributed by atoms with Crippen molar-refractivity contribution in [2.45, 2.75) is 0 Å². The Morgan fingerprint density at radius 2 is 2.25 bits per heavy atom. The first kappa shape index (κ1) is 8.28. The Morgan fingerprint density at radius 3 is 2.75 bits per heavy atom. The van der Waals surface area contributed by atoms with Gasteiger partial charge in [-0.3, -0.25) is 20.0 Å². The lowest BCUT2D eigenvalue weighted by atomic mass is 10.2. The van der Waals surface area contributed by atoms with Crippen LogP contribution in [0.5, 0.6) is 5.88 Å². The number of amides is 1. The summed E-state index contributed by atoms with van der Waals surface area (Å²) in [5.74, 6) is 3.81. The van der Waals surface area contributed by atoms with E-state index >= 15 is 0 Å². The molecule has 1 aromatic rings. The van der Waals surface area contributed by atoms with E-state index in [1.807, 2.05) is 5.43 Å². The minimum atomic E-state index is -0.628. The van der Waals surface area contributed by atoms with Crippen molar-refractivity contribution in [1.82, 2.24) is 10.4 Å². The number of aromatic amines is 1. The molecule has 0 aliphatic carbocycles. The fourth-order valence-corrected chi connectivity index (χ4v) is 0.743. The molecule has 0 aliphatic heterocycles. The third-order valence-corrected chi connectivity index (χ3v) is 1.22. The van der Waals surface area contributed by atoms with Crippen molar-refractivity contribution < 1.29 is 9.90 Å². The molecule has 1 aromatic heterocycles. The highest BCUT2D eigenvalue weighted by Crippen LogP contribution is 2.02. The van der Waals surface area contributed by atoms with Crippen molar-refractivity contribution in [2.75, 3.05) is 0 Å². The van der Waals surface area contributed by atoms with Gasteiger partial charge in [-0.25, -0.2) is 5.84 Å². The van der Waals surface area contributed by atoms with Crippen LogP contribution in [0.3, 0.4) is 0 Å². The molecule has 0 radical (unpaired) electrons. The maximum absolute atomic E-state index is 10.8. The minimum absolute atomic E-state index is 0.0127. The van der Waals surface area contributed by atoms with Crippen LogP contribution in [0, 0.1) is 0 Å². The average Bonchev–Trinajstić information content (AvgIpc) is 2.01. The summed E-state index contributed by atoms with van der Waals surface area (Å²) in [6.07, 6.45) is 0. The summed E-state index contributed by atoms with van der Waals surface area (Å²) in [4.78, 5) is 23.6. The molecule has 5 N–H and O–H groups in total. The van der Waals surface area contributed by atoms with Gasteiger partial charge in [0.1, 0.15) is 0 Å². The number of nitrogens with one attached hydrogen (secondary N) is 2. The lowest BCUT2D eigenvalue weighted by Crippen LogP contribution is -2.30. The van der Waals surface area contributed by atoms with Crippen molar-refractivity contribution >= 4 is 5.91 Å². The van der Waals surface area contributed by atoms with E-state index in [0.717, 1.165) is 12.1 Å². The van der Waals surface area contributed by atoms with Crippen LogP contribution in [0.2, 0.25) is 0 Å². The van der Waals surface area contributed by atoms with Gasteiger partial charge in [-0.15, -0.1) is 0 Å². The lowest BCUT2D eigenvalue weighted by Gasteiger charge is -1.98. The number of nitrogens with two attached hydrogens (primary N) is 1. The van der Waals surface area contributed by atoms with Crippen LogP contribution >= 0.6 is 0 Å². The first-order valence-electron chi connectivity index (χ1n) is 3.08. The molecule has 12 heavy (non-hydrogen) atoms. The summed E-state index contributed by atoms with van der Waals surface area (Å²) < 4.78 is 0. The molecule has 0 fully saturated rings. The Labute approximate surface area is 67.0 Å². The van der Waals surface area contributed by atoms with Gasteiger partial charge < -0.3 is 5.11 Å². The highest BCUT2D eigenvalue weighted by Gasteiger charge is 2.05. The Kier molecular flexibility index (Phi) is 2.11. The molecule has 64 valence electrons. The second-order valence-electron chi connectivity index (χ2n) is 2.09. The number of carbonyl (C=O) groups excluding carboxylic acids is 1. The Bertz CT molecular complexity index is 357. The van der Waals surface area contributed by atoms with E-state index in [0.29, 0.717) is 0 Å². The zero-order valence-corrected chi connectivity index (χ0v) is 6.00. The number of aromatic hydroxyl groups is 1. The summed E-state index contributed by atoms with van der Waals surface area (Å²) in [6, 6.07) is 2.13. The van der Waals surface area contributed by atoms with E-state index in [2.05, 4.69) is 4.98 Å². The largest absolute Gasteiger partial charge is 0.494 e. The first-order chi connectivity index (χ1) is 5.63. The number of carbonyl (C=O) groups is 1. The maximum Gasteiger partial charge on any atom is 0.265 e. The van der Waals surface area contributed by atoms with Crippen molar-refractivity contribution in [1.29, 1.82) is 0 Å². The fraction of sp³-hybridized carbons (Fsp3) is 0. The van der Waals surface area contributed by atoms with E-state index in [9.17, 15) is 9.59 Å². The molecular formula is C6H7N3O3. The molecule has 0 saturated carbocycles. The van der Waals surface area contributed by atoms with Crippen molar-refractivity contribution in [2.24, 2.45) is 5.84 Å². The normalized spacial score (nSPS) is 9.42. The fourth-order valence-electron chi connectivity index (χ4n) is 0.743. The number of hydrogen-bond acceptors (Lipinski definition) is 4. The standard InChI is InChI=1S/C6H7N3O3/c7-9-6(12)3-1-4(10)8-5(11)2-3/h1-2H,7H2,(H,9,12)(H2,8,10,11). The highest BCUT2D eigenvalue weighted by atomic mass is 16.3. The number of H-pyrrole nitrogens is 1. The summed E-state index contributed by atoms with van der Waals surface area (Å²) in [6.45, 7) is 0. The van der Waals surface area contributed by atoms with Gasteiger partial charge in [0, 0.05) is 12.1 Å². The molecular weight excluding hydrogens is 162 g/mol. The molecule has 0 bridgehead atoms. The third-order valence-electron chi connectivity index (χ3n) is 1.22. The SMILES string of the molecule is NNC(=O)c1cc(O)[nH]c(=O)c1. The molecule has 1 amide bonds. The van der Waals surface area contributed by atoms with Gasteiger partial charge >= 0.3 is 0 Å². The van der Waals surface area contributed by atoms with Gasteiger partial charge in [0.15, 0.2) is 5.88 Å². The van der Waals surface area contributed by atoms with Crippen molar-refractivity contribution in [3.63, 3.8) is 0 Å². The molecule has 0 atom stereocenters. The molecule has 0 aromatic carbocycles. The van der Waals surface area contributed by atoms with E-state index in [4.69, 9.17) is 10.9 Å². The van der Waals surface area contributed by atoms with Gasteiger partial charge in [0.25, 0.3) is 11.5 Å². The first-order valence-corrected chi connectivity index (χ1v) is 3.08. The molecule has 0 aliphatic rings. The van der Waals surface area contributed by atoms with Crippen molar-refractivity contribution in [3.8, 4) is 5.88 Å². The smallest absolute Gasteiger partial charge is 0.265 e. The van der Waals surface area contributed by atoms with Crippen molar-refractivity contribution in [3.05, 3.63) is 28.0 Å². The maximum atomic E-state index is 10.8. The Balaban J connectivity index is 3.17. The molecule has 0 unspecified atom stereocenters. The van der Waals surface area contributed by atoms with Crippen LogP contribution in [-0.2, 0) is 0 Å². The van der Waals surface area contributed by atoms with E-state index < -0.39 is 11.5 Å². The summed E-state index contributed by atoms with van der Waals surface area (Å²) in [7, 11) is 0. The van der Waals surface area contributed by atoms with Crippen LogP contribution < -0.4 is 16.8 Å². The van der Waals surface area contributed by atoms with Gasteiger partial charge in [-0.2, -0.15) is 0 Å². The van der Waals surface area contributed by atoms with Crippen LogP contribution in [0.1, 0.15) is 10.4 Å². The molecule has 6 nitrogen and oxygen atoms in total. The van der Waals surface area contributed by atoms with Crippen LogP contribution in [0.25, 0.3) is 0 Å². The molecule has 1 rings (SSSR count). The van der Waals surface area contributed by atoms with Gasteiger partial charge in [-0.05, 0) is 0 Å². The number of aromatic nitrogens is 1. The van der Waals surface area contributed by atoms with Crippen LogP contribution in [-0.4, -0.2) is 16.0 Å². The predicted octanol–water partition coefficient (Wildman–Crippen LogP) is -1.32. The predicted molar refractivity (Wildman–Crippen MR) is 40.4 cm³/mol. The second kappa shape index (κ2) is 3.05. The topological polar surface area (TPSA) is 108 Å². The highest BCUT2D eigenvalue weighted by molar-refractivity contribution is 5.93. The minimum Gasteiger partial charge on any atom is -0.494 e.